The molecule has 2 aliphatic rings. The summed E-state index contributed by atoms with van der Waals surface area (Å²) in [5, 5.41) is 9.99. The quantitative estimate of drug-likeness (QED) is 0.253. The highest BCUT2D eigenvalue weighted by atomic mass is 35.5. The zero-order chi connectivity index (χ0) is 25.8. The van der Waals surface area contributed by atoms with Crippen LogP contribution in [-0.2, 0) is 4.79 Å². The fraction of sp³-hybridized carbons (Fsp3) is 0.167. The zero-order valence-corrected chi connectivity index (χ0v) is 22.1. The van der Waals surface area contributed by atoms with Gasteiger partial charge in [0.05, 0.1) is 15.9 Å². The molecule has 0 saturated heterocycles. The van der Waals surface area contributed by atoms with Gasteiger partial charge < -0.3 is 10.1 Å². The van der Waals surface area contributed by atoms with Gasteiger partial charge in [0.25, 0.3) is 0 Å². The van der Waals surface area contributed by atoms with E-state index < -0.39 is 0 Å². The molecule has 6 nitrogen and oxygen atoms in total. The Hall–Kier alpha value is -3.94. The van der Waals surface area contributed by atoms with E-state index in [-0.39, 0.29) is 11.7 Å². The molecule has 7 rings (SSSR count). The maximum absolute atomic E-state index is 13.4. The molecule has 188 valence electrons. The van der Waals surface area contributed by atoms with Gasteiger partial charge >= 0.3 is 0 Å². The number of aryl methyl sites for hydroxylation is 1. The monoisotopic (exact) mass is 538 g/mol. The topological polar surface area (TPSA) is 69.0 Å². The summed E-state index contributed by atoms with van der Waals surface area (Å²) in [7, 11) is 0. The predicted octanol–water partition coefficient (Wildman–Crippen LogP) is 7.80. The summed E-state index contributed by atoms with van der Waals surface area (Å²) in [5.41, 5.74) is 5.62. The smallest absolute Gasteiger partial charge is 0.213 e. The second-order valence-corrected chi connectivity index (χ2v) is 11.0. The van der Waals surface area contributed by atoms with Gasteiger partial charge in [-0.3, -0.25) is 4.79 Å². The predicted molar refractivity (Wildman–Crippen MR) is 151 cm³/mol. The van der Waals surface area contributed by atoms with E-state index in [0.717, 1.165) is 62.1 Å². The normalized spacial score (nSPS) is 16.8. The number of halogens is 1. The number of nitrogens with zero attached hydrogens (tertiary/aromatic N) is 3. The number of nitrogens with one attached hydrogen (secondary N) is 1. The van der Waals surface area contributed by atoms with Crippen molar-refractivity contribution in [2.24, 2.45) is 0 Å². The van der Waals surface area contributed by atoms with Gasteiger partial charge in [0.2, 0.25) is 5.13 Å². The molecule has 3 heterocycles. The van der Waals surface area contributed by atoms with Gasteiger partial charge in [0.1, 0.15) is 17.3 Å². The SMILES string of the molecule is Cc1nn(-c2nc3ccccc3s2)c2c1[C@@H](c1cccc(Oc3ccc(Cl)cc3)c1)C1=C(CCCC1=O)N2. The van der Waals surface area contributed by atoms with Crippen LogP contribution in [0.4, 0.5) is 5.82 Å². The van der Waals surface area contributed by atoms with E-state index in [1.54, 1.807) is 23.5 Å². The largest absolute Gasteiger partial charge is 0.457 e. The van der Waals surface area contributed by atoms with Crippen LogP contribution in [0.2, 0.25) is 5.02 Å². The number of carbonyl (C=O) groups excluding carboxylic acids is 1. The lowest BCUT2D eigenvalue weighted by atomic mass is 9.76. The van der Waals surface area contributed by atoms with Crippen molar-refractivity contribution in [3.8, 4) is 16.6 Å². The van der Waals surface area contributed by atoms with Gasteiger partial charge in [-0.2, -0.15) is 9.78 Å². The lowest BCUT2D eigenvalue weighted by Gasteiger charge is -2.32. The average Bonchev–Trinajstić information content (AvgIpc) is 3.50. The van der Waals surface area contributed by atoms with Crippen LogP contribution in [-0.4, -0.2) is 20.5 Å². The minimum absolute atomic E-state index is 0.186. The molecule has 0 fully saturated rings. The first-order valence-electron chi connectivity index (χ1n) is 12.6. The molecule has 5 aromatic rings. The minimum atomic E-state index is -0.244. The molecular weight excluding hydrogens is 516 g/mol. The van der Waals surface area contributed by atoms with Gasteiger partial charge in [-0.15, -0.1) is 0 Å². The van der Waals surface area contributed by atoms with Crippen molar-refractivity contribution in [3.05, 3.63) is 106 Å². The Kier molecular flexibility index (Phi) is 5.56. The van der Waals surface area contributed by atoms with Gasteiger partial charge in [-0.05, 0) is 73.9 Å². The van der Waals surface area contributed by atoms with E-state index in [1.165, 1.54) is 0 Å². The number of hydrogen-bond donors (Lipinski definition) is 1. The Bertz CT molecular complexity index is 1720. The number of allylic oxidation sites excluding steroid dienone is 2. The number of anilines is 1. The molecule has 0 spiro atoms. The molecule has 0 radical (unpaired) electrons. The number of hydrogen-bond acceptors (Lipinski definition) is 6. The maximum atomic E-state index is 13.4. The lowest BCUT2D eigenvalue weighted by Crippen LogP contribution is -2.27. The summed E-state index contributed by atoms with van der Waals surface area (Å²) < 4.78 is 9.16. The minimum Gasteiger partial charge on any atom is -0.457 e. The number of aromatic nitrogens is 3. The van der Waals surface area contributed by atoms with E-state index >= 15 is 0 Å². The highest BCUT2D eigenvalue weighted by molar-refractivity contribution is 7.20. The molecule has 0 saturated carbocycles. The summed E-state index contributed by atoms with van der Waals surface area (Å²) in [6.07, 6.45) is 2.21. The third kappa shape index (κ3) is 3.90. The number of carbonyl (C=O) groups is 1. The number of fused-ring (bicyclic) bond motifs is 2. The number of ether oxygens (including phenoxy) is 1. The van der Waals surface area contributed by atoms with E-state index in [1.807, 2.05) is 60.1 Å². The Balaban J connectivity index is 1.36. The second kappa shape index (κ2) is 9.11. The third-order valence-corrected chi connectivity index (χ3v) is 8.38. The first kappa shape index (κ1) is 23.2. The van der Waals surface area contributed by atoms with Crippen LogP contribution in [0.5, 0.6) is 11.5 Å². The number of para-hydroxylation sites is 1. The van der Waals surface area contributed by atoms with Crippen LogP contribution < -0.4 is 10.1 Å². The number of Topliss-reactive ketones (excluding diaryl/α,β-unsaturated/α-hetero) is 1. The van der Waals surface area contributed by atoms with Crippen molar-refractivity contribution < 1.29 is 9.53 Å². The maximum Gasteiger partial charge on any atom is 0.213 e. The summed E-state index contributed by atoms with van der Waals surface area (Å²) >= 11 is 7.65. The highest BCUT2D eigenvalue weighted by Crippen LogP contribution is 2.48. The van der Waals surface area contributed by atoms with Crippen LogP contribution in [0.15, 0.2) is 84.1 Å². The number of thiazole rings is 1. The van der Waals surface area contributed by atoms with E-state index in [2.05, 4.69) is 17.4 Å². The van der Waals surface area contributed by atoms with Gasteiger partial charge in [-0.1, -0.05) is 47.2 Å². The summed E-state index contributed by atoms with van der Waals surface area (Å²) in [6, 6.07) is 23.4. The zero-order valence-electron chi connectivity index (χ0n) is 20.6. The average molecular weight is 539 g/mol. The molecule has 38 heavy (non-hydrogen) atoms. The Labute approximate surface area is 228 Å². The third-order valence-electron chi connectivity index (χ3n) is 7.11. The summed E-state index contributed by atoms with van der Waals surface area (Å²) in [6.45, 7) is 2.00. The fourth-order valence-electron chi connectivity index (χ4n) is 5.44. The van der Waals surface area contributed by atoms with Crippen LogP contribution in [0.3, 0.4) is 0 Å². The standard InChI is InChI=1S/C30H23ClN4O2S/c1-17-26-27(18-6-4-7-21(16-18)37-20-14-12-19(31)13-15-20)28-23(9-5-10-24(28)36)32-29(26)35(34-17)30-33-22-8-2-3-11-25(22)38-30/h2-4,6-8,11-16,27,32H,5,9-10H2,1H3/t27-/m1/s1. The Morgan fingerprint density at radius 3 is 2.71 bits per heavy atom. The van der Waals surface area contributed by atoms with Crippen LogP contribution in [0, 0.1) is 6.92 Å². The van der Waals surface area contributed by atoms with E-state index in [4.69, 9.17) is 26.4 Å². The first-order valence-corrected chi connectivity index (χ1v) is 13.8. The Morgan fingerprint density at radius 2 is 1.87 bits per heavy atom. The molecule has 1 atom stereocenters. The number of benzene rings is 3. The van der Waals surface area contributed by atoms with E-state index in [0.29, 0.717) is 22.9 Å². The van der Waals surface area contributed by atoms with Crippen LogP contribution in [0.1, 0.15) is 42.0 Å². The summed E-state index contributed by atoms with van der Waals surface area (Å²) in [4.78, 5) is 18.2. The van der Waals surface area contributed by atoms with Crippen molar-refractivity contribution in [2.75, 3.05) is 5.32 Å². The molecule has 0 bridgehead atoms. The first-order chi connectivity index (χ1) is 18.5. The molecular formula is C30H23ClN4O2S. The fourth-order valence-corrected chi connectivity index (χ4v) is 6.49. The molecule has 0 unspecified atom stereocenters. The Morgan fingerprint density at radius 1 is 1.03 bits per heavy atom. The molecule has 1 N–H and O–H groups in total. The van der Waals surface area contributed by atoms with Crippen molar-refractivity contribution >= 4 is 44.8 Å². The van der Waals surface area contributed by atoms with Crippen LogP contribution in [0.25, 0.3) is 15.3 Å². The van der Waals surface area contributed by atoms with E-state index in [9.17, 15) is 4.79 Å². The van der Waals surface area contributed by atoms with Crippen molar-refractivity contribution in [3.63, 3.8) is 0 Å². The van der Waals surface area contributed by atoms with Crippen molar-refractivity contribution in [2.45, 2.75) is 32.1 Å². The summed E-state index contributed by atoms with van der Waals surface area (Å²) in [5.74, 6) is 2.22. The van der Waals surface area contributed by atoms with Crippen molar-refractivity contribution in [1.82, 2.24) is 14.8 Å². The second-order valence-electron chi connectivity index (χ2n) is 9.58. The molecule has 1 aliphatic carbocycles. The van der Waals surface area contributed by atoms with Crippen molar-refractivity contribution in [1.29, 1.82) is 0 Å². The van der Waals surface area contributed by atoms with Gasteiger partial charge in [0, 0.05) is 34.2 Å². The number of rotatable bonds is 4. The van der Waals surface area contributed by atoms with Gasteiger partial charge in [-0.25, -0.2) is 4.98 Å². The lowest BCUT2D eigenvalue weighted by molar-refractivity contribution is -0.116. The molecule has 3 aromatic carbocycles. The molecule has 1 aliphatic heterocycles. The number of ketones is 1. The van der Waals surface area contributed by atoms with Crippen LogP contribution >= 0.6 is 22.9 Å². The molecule has 0 amide bonds. The van der Waals surface area contributed by atoms with Gasteiger partial charge in [0.15, 0.2) is 5.78 Å². The highest BCUT2D eigenvalue weighted by Gasteiger charge is 2.39. The molecule has 2 aromatic heterocycles. The molecule has 8 heteroatoms.